The van der Waals surface area contributed by atoms with Crippen LogP contribution < -0.4 is 11.5 Å². The summed E-state index contributed by atoms with van der Waals surface area (Å²) in [4.78, 5) is 21.1. The van der Waals surface area contributed by atoms with Crippen molar-refractivity contribution in [2.24, 2.45) is 11.5 Å². The molecule has 0 bridgehead atoms. The van der Waals surface area contributed by atoms with Gasteiger partial charge in [-0.15, -0.1) is 11.3 Å². The fraction of sp³-hybridized carbons (Fsp3) is 0.357. The smallest absolute Gasteiger partial charge is 0.160 e. The van der Waals surface area contributed by atoms with Crippen LogP contribution in [0, 0.1) is 0 Å². The van der Waals surface area contributed by atoms with E-state index in [0.717, 1.165) is 41.6 Å². The molecule has 0 saturated heterocycles. The molecular weight excluding hydrogens is 272 g/mol. The fourth-order valence-corrected chi connectivity index (χ4v) is 2.99. The van der Waals surface area contributed by atoms with E-state index in [1.54, 1.807) is 12.3 Å². The van der Waals surface area contributed by atoms with Crippen LogP contribution in [0.25, 0.3) is 15.9 Å². The molecule has 0 saturated carbocycles. The molecule has 0 aromatic carbocycles. The zero-order valence-electron chi connectivity index (χ0n) is 11.4. The molecule has 2 heterocycles. The number of aromatic nitrogens is 2. The number of nitrogens with zero attached hydrogens (tertiary/aromatic N) is 2. The summed E-state index contributed by atoms with van der Waals surface area (Å²) in [5.41, 5.74) is 13.3. The lowest BCUT2D eigenvalue weighted by Crippen LogP contribution is -2.22. The first-order valence-corrected chi connectivity index (χ1v) is 7.32. The molecule has 0 amide bonds. The van der Waals surface area contributed by atoms with Crippen LogP contribution in [0.15, 0.2) is 18.3 Å². The standard InChI is InChI=1S/C13H13N3OS.CH5N/c14-9-3-1-2-8(4-9)12-6-15-11-5-10(7-17)18-13(11)16-12;1-2/h2,5-7,9H,1,3-4,14H2;2H2,1H3. The van der Waals surface area contributed by atoms with Crippen molar-refractivity contribution in [1.82, 2.24) is 9.97 Å². The van der Waals surface area contributed by atoms with Gasteiger partial charge in [-0.3, -0.25) is 9.78 Å². The highest BCUT2D eigenvalue weighted by Gasteiger charge is 2.15. The molecule has 0 fully saturated rings. The largest absolute Gasteiger partial charge is 0.333 e. The van der Waals surface area contributed by atoms with Crippen molar-refractivity contribution in [1.29, 1.82) is 0 Å². The van der Waals surface area contributed by atoms with E-state index in [1.807, 2.05) is 0 Å². The fourth-order valence-electron chi connectivity index (χ4n) is 2.19. The number of carbonyl (C=O) groups is 1. The second-order valence-corrected chi connectivity index (χ2v) is 5.55. The van der Waals surface area contributed by atoms with Crippen LogP contribution in [0.5, 0.6) is 0 Å². The van der Waals surface area contributed by atoms with Gasteiger partial charge < -0.3 is 11.5 Å². The Morgan fingerprint density at radius 2 is 2.25 bits per heavy atom. The van der Waals surface area contributed by atoms with Crippen LogP contribution in [-0.2, 0) is 0 Å². The van der Waals surface area contributed by atoms with Crippen LogP contribution in [0.2, 0.25) is 0 Å². The first-order chi connectivity index (χ1) is 9.76. The third kappa shape index (κ3) is 3.09. The van der Waals surface area contributed by atoms with Gasteiger partial charge in [-0.1, -0.05) is 6.08 Å². The van der Waals surface area contributed by atoms with E-state index in [1.165, 1.54) is 24.0 Å². The molecule has 2 aromatic heterocycles. The third-order valence-corrected chi connectivity index (χ3v) is 4.06. The van der Waals surface area contributed by atoms with Gasteiger partial charge in [-0.2, -0.15) is 0 Å². The predicted octanol–water partition coefficient (Wildman–Crippen LogP) is 1.97. The summed E-state index contributed by atoms with van der Waals surface area (Å²) in [5.74, 6) is 0. The highest BCUT2D eigenvalue weighted by Crippen LogP contribution is 2.27. The lowest BCUT2D eigenvalue weighted by Gasteiger charge is -2.18. The van der Waals surface area contributed by atoms with Gasteiger partial charge in [0.15, 0.2) is 6.29 Å². The maximum absolute atomic E-state index is 10.7. The normalized spacial score (nSPS) is 18.1. The topological polar surface area (TPSA) is 94.9 Å². The molecule has 0 spiro atoms. The number of hydrogen-bond acceptors (Lipinski definition) is 6. The van der Waals surface area contributed by atoms with Crippen molar-refractivity contribution in [3.8, 4) is 0 Å². The molecule has 0 radical (unpaired) electrons. The molecule has 20 heavy (non-hydrogen) atoms. The SMILES string of the molecule is CN.NC1CCC=C(c2cnc3cc(C=O)sc3n2)C1. The zero-order chi connectivity index (χ0) is 14.5. The van der Waals surface area contributed by atoms with Gasteiger partial charge in [0.2, 0.25) is 0 Å². The Kier molecular flexibility index (Phi) is 4.94. The van der Waals surface area contributed by atoms with Crippen LogP contribution in [0.4, 0.5) is 0 Å². The van der Waals surface area contributed by atoms with E-state index < -0.39 is 0 Å². The molecular formula is C14H18N4OS. The Morgan fingerprint density at radius 3 is 2.95 bits per heavy atom. The predicted molar refractivity (Wildman–Crippen MR) is 82.7 cm³/mol. The van der Waals surface area contributed by atoms with E-state index in [4.69, 9.17) is 5.73 Å². The summed E-state index contributed by atoms with van der Waals surface area (Å²) < 4.78 is 0. The van der Waals surface area contributed by atoms with Gasteiger partial charge in [0.05, 0.1) is 16.8 Å². The lowest BCUT2D eigenvalue weighted by atomic mass is 9.94. The Labute approximate surface area is 121 Å². The van der Waals surface area contributed by atoms with Gasteiger partial charge in [0.25, 0.3) is 0 Å². The van der Waals surface area contributed by atoms with E-state index >= 15 is 0 Å². The van der Waals surface area contributed by atoms with Gasteiger partial charge in [0.1, 0.15) is 10.3 Å². The molecule has 1 atom stereocenters. The second-order valence-electron chi connectivity index (χ2n) is 4.48. The average molecular weight is 290 g/mol. The minimum atomic E-state index is 0.219. The summed E-state index contributed by atoms with van der Waals surface area (Å²) in [7, 11) is 1.50. The molecule has 1 aliphatic rings. The van der Waals surface area contributed by atoms with E-state index in [-0.39, 0.29) is 6.04 Å². The molecule has 1 aliphatic carbocycles. The maximum Gasteiger partial charge on any atom is 0.160 e. The van der Waals surface area contributed by atoms with Crippen molar-refractivity contribution in [2.45, 2.75) is 25.3 Å². The minimum Gasteiger partial charge on any atom is -0.333 e. The number of rotatable bonds is 2. The molecule has 6 heteroatoms. The Hall–Kier alpha value is -1.63. The molecule has 0 aliphatic heterocycles. The average Bonchev–Trinajstić information content (AvgIpc) is 2.91. The number of fused-ring (bicyclic) bond motifs is 1. The minimum absolute atomic E-state index is 0.219. The number of allylic oxidation sites excluding steroid dienone is 1. The van der Waals surface area contributed by atoms with Gasteiger partial charge >= 0.3 is 0 Å². The van der Waals surface area contributed by atoms with E-state index in [0.29, 0.717) is 4.88 Å². The molecule has 4 N–H and O–H groups in total. The van der Waals surface area contributed by atoms with Gasteiger partial charge in [0, 0.05) is 6.04 Å². The van der Waals surface area contributed by atoms with Crippen LogP contribution in [0.3, 0.4) is 0 Å². The highest BCUT2D eigenvalue weighted by atomic mass is 32.1. The summed E-state index contributed by atoms with van der Waals surface area (Å²) in [5, 5.41) is 0. The van der Waals surface area contributed by atoms with Gasteiger partial charge in [-0.05, 0) is 37.9 Å². The van der Waals surface area contributed by atoms with Crippen molar-refractivity contribution < 1.29 is 4.79 Å². The molecule has 106 valence electrons. The summed E-state index contributed by atoms with van der Waals surface area (Å²) >= 11 is 1.38. The number of thiophene rings is 1. The maximum atomic E-state index is 10.7. The van der Waals surface area contributed by atoms with Crippen LogP contribution >= 0.6 is 11.3 Å². The Morgan fingerprint density at radius 1 is 1.45 bits per heavy atom. The third-order valence-electron chi connectivity index (χ3n) is 3.12. The number of nitrogens with two attached hydrogens (primary N) is 2. The van der Waals surface area contributed by atoms with Crippen molar-refractivity contribution in [2.75, 3.05) is 7.05 Å². The highest BCUT2D eigenvalue weighted by molar-refractivity contribution is 7.20. The van der Waals surface area contributed by atoms with Crippen LogP contribution in [-0.4, -0.2) is 29.3 Å². The first-order valence-electron chi connectivity index (χ1n) is 6.51. The van der Waals surface area contributed by atoms with Crippen LogP contribution in [0.1, 0.15) is 34.6 Å². The molecule has 3 rings (SSSR count). The molecule has 5 nitrogen and oxygen atoms in total. The van der Waals surface area contributed by atoms with E-state index in [2.05, 4.69) is 21.8 Å². The van der Waals surface area contributed by atoms with Crippen molar-refractivity contribution in [3.63, 3.8) is 0 Å². The Bertz CT molecular complexity index is 635. The summed E-state index contributed by atoms with van der Waals surface area (Å²) in [6.45, 7) is 0. The molecule has 1 unspecified atom stereocenters. The lowest BCUT2D eigenvalue weighted by molar-refractivity contribution is 0.112. The van der Waals surface area contributed by atoms with Crippen molar-refractivity contribution >= 4 is 33.5 Å². The summed E-state index contributed by atoms with van der Waals surface area (Å²) in [6.07, 6.45) is 7.68. The van der Waals surface area contributed by atoms with Crippen molar-refractivity contribution in [3.05, 3.63) is 28.9 Å². The monoisotopic (exact) mass is 290 g/mol. The zero-order valence-corrected chi connectivity index (χ0v) is 12.2. The van der Waals surface area contributed by atoms with E-state index in [9.17, 15) is 4.79 Å². The second kappa shape index (κ2) is 6.69. The molecule has 2 aromatic rings. The first kappa shape index (κ1) is 14.8. The number of carbonyl (C=O) groups excluding carboxylic acids is 1. The quantitative estimate of drug-likeness (QED) is 0.825. The van der Waals surface area contributed by atoms with Gasteiger partial charge in [-0.25, -0.2) is 4.98 Å². The number of hydrogen-bond donors (Lipinski definition) is 2. The number of aldehydes is 1. The summed E-state index contributed by atoms with van der Waals surface area (Å²) in [6, 6.07) is 1.99. The Balaban J connectivity index is 0.000000704.